The highest BCUT2D eigenvalue weighted by Gasteiger charge is 2.11. The Labute approximate surface area is 146 Å². The first-order chi connectivity index (χ1) is 12.2. The number of amides is 1. The molecular weight excluding hydrogens is 316 g/mol. The molecule has 128 valence electrons. The summed E-state index contributed by atoms with van der Waals surface area (Å²) in [5.41, 5.74) is 2.78. The van der Waals surface area contributed by atoms with Gasteiger partial charge in [0.25, 0.3) is 5.91 Å². The third-order valence-corrected chi connectivity index (χ3v) is 3.86. The number of pyridine rings is 1. The lowest BCUT2D eigenvalue weighted by atomic mass is 10.1. The molecule has 3 rings (SSSR count). The molecule has 5 heteroatoms. The second kappa shape index (κ2) is 7.77. The van der Waals surface area contributed by atoms with Crippen LogP contribution in [0.4, 0.5) is 5.69 Å². The second-order valence-corrected chi connectivity index (χ2v) is 5.50. The van der Waals surface area contributed by atoms with E-state index in [2.05, 4.69) is 10.3 Å². The molecule has 1 heterocycles. The van der Waals surface area contributed by atoms with Gasteiger partial charge >= 0.3 is 0 Å². The number of para-hydroxylation sites is 1. The van der Waals surface area contributed by atoms with E-state index in [4.69, 9.17) is 9.47 Å². The van der Waals surface area contributed by atoms with Crippen LogP contribution in [-0.4, -0.2) is 24.6 Å². The van der Waals surface area contributed by atoms with E-state index >= 15 is 0 Å². The molecule has 1 aromatic heterocycles. The number of anilines is 1. The van der Waals surface area contributed by atoms with Crippen LogP contribution in [0.3, 0.4) is 0 Å². The van der Waals surface area contributed by atoms with Crippen LogP contribution < -0.4 is 10.1 Å². The van der Waals surface area contributed by atoms with Crippen LogP contribution in [0.1, 0.15) is 23.0 Å². The van der Waals surface area contributed by atoms with E-state index in [0.717, 1.165) is 27.9 Å². The molecule has 0 aliphatic heterocycles. The Hall–Kier alpha value is -2.92. The van der Waals surface area contributed by atoms with Crippen molar-refractivity contribution >= 4 is 22.5 Å². The molecule has 0 saturated heterocycles. The molecule has 0 aliphatic carbocycles. The van der Waals surface area contributed by atoms with E-state index in [9.17, 15) is 4.79 Å². The Morgan fingerprint density at radius 1 is 1.12 bits per heavy atom. The normalized spacial score (nSPS) is 10.6. The number of hydrogen-bond donors (Lipinski definition) is 1. The van der Waals surface area contributed by atoms with E-state index in [0.29, 0.717) is 18.9 Å². The van der Waals surface area contributed by atoms with Gasteiger partial charge in [-0.15, -0.1) is 0 Å². The summed E-state index contributed by atoms with van der Waals surface area (Å²) >= 11 is 0. The fourth-order valence-electron chi connectivity index (χ4n) is 2.52. The van der Waals surface area contributed by atoms with Crippen LogP contribution >= 0.6 is 0 Å². The standard InChI is InChI=1S/C20H20N2O3/c1-3-25-13-15-6-4-5-7-17(15)22-20(23)19-10-8-14-12-16(24-2)9-11-18(14)21-19/h4-12H,3,13H2,1-2H3,(H,22,23). The fourth-order valence-corrected chi connectivity index (χ4v) is 2.52. The molecule has 2 aromatic carbocycles. The first kappa shape index (κ1) is 16.9. The Kier molecular flexibility index (Phi) is 5.26. The first-order valence-electron chi connectivity index (χ1n) is 8.13. The molecule has 0 radical (unpaired) electrons. The highest BCUT2D eigenvalue weighted by atomic mass is 16.5. The average molecular weight is 336 g/mol. The molecule has 0 atom stereocenters. The molecule has 1 amide bonds. The number of nitrogens with zero attached hydrogens (tertiary/aromatic N) is 1. The Balaban J connectivity index is 1.83. The topological polar surface area (TPSA) is 60.5 Å². The van der Waals surface area contributed by atoms with Gasteiger partial charge in [-0.3, -0.25) is 4.79 Å². The highest BCUT2D eigenvalue weighted by molar-refractivity contribution is 6.04. The van der Waals surface area contributed by atoms with E-state index in [1.54, 1.807) is 13.2 Å². The smallest absolute Gasteiger partial charge is 0.274 e. The summed E-state index contributed by atoms with van der Waals surface area (Å²) in [4.78, 5) is 17.0. The van der Waals surface area contributed by atoms with E-state index in [1.807, 2.05) is 55.5 Å². The third-order valence-electron chi connectivity index (χ3n) is 3.86. The number of benzene rings is 2. The van der Waals surface area contributed by atoms with Crippen LogP contribution in [0, 0.1) is 0 Å². The summed E-state index contributed by atoms with van der Waals surface area (Å²) in [7, 11) is 1.62. The van der Waals surface area contributed by atoms with Crippen molar-refractivity contribution in [2.45, 2.75) is 13.5 Å². The quantitative estimate of drug-likeness (QED) is 0.738. The Morgan fingerprint density at radius 2 is 1.96 bits per heavy atom. The average Bonchev–Trinajstić information content (AvgIpc) is 2.66. The van der Waals surface area contributed by atoms with E-state index < -0.39 is 0 Å². The summed E-state index contributed by atoms with van der Waals surface area (Å²) in [5.74, 6) is 0.512. The number of carbonyl (C=O) groups is 1. The number of rotatable bonds is 6. The van der Waals surface area contributed by atoms with Gasteiger partial charge in [-0.25, -0.2) is 4.98 Å². The van der Waals surface area contributed by atoms with Crippen molar-refractivity contribution in [3.05, 3.63) is 65.9 Å². The van der Waals surface area contributed by atoms with Crippen molar-refractivity contribution in [3.63, 3.8) is 0 Å². The molecule has 0 bridgehead atoms. The van der Waals surface area contributed by atoms with Gasteiger partial charge in [0.2, 0.25) is 0 Å². The molecule has 0 unspecified atom stereocenters. The van der Waals surface area contributed by atoms with Crippen LogP contribution in [0.15, 0.2) is 54.6 Å². The zero-order chi connectivity index (χ0) is 17.6. The van der Waals surface area contributed by atoms with Gasteiger partial charge in [0, 0.05) is 23.2 Å². The molecule has 0 fully saturated rings. The molecule has 1 N–H and O–H groups in total. The molecular formula is C20H20N2O3. The molecule has 3 aromatic rings. The number of ether oxygens (including phenoxy) is 2. The lowest BCUT2D eigenvalue weighted by molar-refractivity contribution is 0.102. The number of hydrogen-bond acceptors (Lipinski definition) is 4. The minimum absolute atomic E-state index is 0.248. The summed E-state index contributed by atoms with van der Waals surface area (Å²) < 4.78 is 10.7. The van der Waals surface area contributed by atoms with Gasteiger partial charge in [-0.1, -0.05) is 24.3 Å². The molecule has 0 spiro atoms. The second-order valence-electron chi connectivity index (χ2n) is 5.50. The molecule has 0 saturated carbocycles. The van der Waals surface area contributed by atoms with Crippen LogP contribution in [-0.2, 0) is 11.3 Å². The maximum absolute atomic E-state index is 12.6. The van der Waals surface area contributed by atoms with Gasteiger partial charge in [0.15, 0.2) is 0 Å². The van der Waals surface area contributed by atoms with Gasteiger partial charge in [0.1, 0.15) is 11.4 Å². The highest BCUT2D eigenvalue weighted by Crippen LogP contribution is 2.21. The number of nitrogens with one attached hydrogen (secondary N) is 1. The predicted octanol–water partition coefficient (Wildman–Crippen LogP) is 4.03. The summed E-state index contributed by atoms with van der Waals surface area (Å²) in [6, 6.07) is 16.7. The Morgan fingerprint density at radius 3 is 2.76 bits per heavy atom. The van der Waals surface area contributed by atoms with Gasteiger partial charge in [0.05, 0.1) is 19.2 Å². The van der Waals surface area contributed by atoms with Crippen LogP contribution in [0.25, 0.3) is 10.9 Å². The third kappa shape index (κ3) is 3.95. The fraction of sp³-hybridized carbons (Fsp3) is 0.200. The van der Waals surface area contributed by atoms with Crippen molar-refractivity contribution in [1.82, 2.24) is 4.98 Å². The lowest BCUT2D eigenvalue weighted by Gasteiger charge is -2.11. The van der Waals surface area contributed by atoms with Crippen LogP contribution in [0.5, 0.6) is 5.75 Å². The lowest BCUT2D eigenvalue weighted by Crippen LogP contribution is -2.15. The number of fused-ring (bicyclic) bond motifs is 1. The SMILES string of the molecule is CCOCc1ccccc1NC(=O)c1ccc2cc(OC)ccc2n1. The van der Waals surface area contributed by atoms with Crippen molar-refractivity contribution in [3.8, 4) is 5.75 Å². The number of aromatic nitrogens is 1. The van der Waals surface area contributed by atoms with E-state index in [1.165, 1.54) is 0 Å². The van der Waals surface area contributed by atoms with Crippen molar-refractivity contribution < 1.29 is 14.3 Å². The van der Waals surface area contributed by atoms with Gasteiger partial charge in [-0.05, 0) is 37.3 Å². The molecule has 25 heavy (non-hydrogen) atoms. The minimum Gasteiger partial charge on any atom is -0.497 e. The molecule has 0 aliphatic rings. The minimum atomic E-state index is -0.248. The zero-order valence-electron chi connectivity index (χ0n) is 14.3. The Bertz CT molecular complexity index is 893. The molecule has 5 nitrogen and oxygen atoms in total. The van der Waals surface area contributed by atoms with Crippen LogP contribution in [0.2, 0.25) is 0 Å². The van der Waals surface area contributed by atoms with Gasteiger partial charge in [-0.2, -0.15) is 0 Å². The largest absolute Gasteiger partial charge is 0.497 e. The number of methoxy groups -OCH3 is 1. The summed E-state index contributed by atoms with van der Waals surface area (Å²) in [6.07, 6.45) is 0. The maximum atomic E-state index is 12.6. The van der Waals surface area contributed by atoms with Crippen molar-refractivity contribution in [1.29, 1.82) is 0 Å². The number of carbonyl (C=O) groups excluding carboxylic acids is 1. The summed E-state index contributed by atoms with van der Waals surface area (Å²) in [6.45, 7) is 3.02. The van der Waals surface area contributed by atoms with Gasteiger partial charge < -0.3 is 14.8 Å². The van der Waals surface area contributed by atoms with Crippen molar-refractivity contribution in [2.24, 2.45) is 0 Å². The predicted molar refractivity (Wildman–Crippen MR) is 98.0 cm³/mol. The van der Waals surface area contributed by atoms with Crippen molar-refractivity contribution in [2.75, 3.05) is 19.0 Å². The monoisotopic (exact) mass is 336 g/mol. The summed E-state index contributed by atoms with van der Waals surface area (Å²) in [5, 5.41) is 3.84. The van der Waals surface area contributed by atoms with E-state index in [-0.39, 0.29) is 5.91 Å². The zero-order valence-corrected chi connectivity index (χ0v) is 14.3. The first-order valence-corrected chi connectivity index (χ1v) is 8.13. The maximum Gasteiger partial charge on any atom is 0.274 e.